The van der Waals surface area contributed by atoms with Crippen molar-refractivity contribution in [1.29, 1.82) is 0 Å². The molecular formula is C22H30F3N3O2. The van der Waals surface area contributed by atoms with E-state index >= 15 is 0 Å². The van der Waals surface area contributed by atoms with Crippen LogP contribution in [-0.2, 0) is 4.79 Å². The lowest BCUT2D eigenvalue weighted by Gasteiger charge is -2.37. The first-order chi connectivity index (χ1) is 14.2. The van der Waals surface area contributed by atoms with Gasteiger partial charge in [-0.3, -0.25) is 4.79 Å². The quantitative estimate of drug-likeness (QED) is 0.733. The third-order valence-electron chi connectivity index (χ3n) is 6.18. The largest absolute Gasteiger partial charge is 0.391 e. The van der Waals surface area contributed by atoms with E-state index in [-0.39, 0.29) is 30.7 Å². The van der Waals surface area contributed by atoms with E-state index < -0.39 is 18.0 Å². The molecule has 1 saturated heterocycles. The number of anilines is 1. The Hall–Kier alpha value is -2.25. The fourth-order valence-corrected chi connectivity index (χ4v) is 4.45. The molecule has 1 aliphatic carbocycles. The summed E-state index contributed by atoms with van der Waals surface area (Å²) in [6.07, 6.45) is -1.55. The summed E-state index contributed by atoms with van der Waals surface area (Å²) >= 11 is 0. The number of hydrogen-bond donors (Lipinski definition) is 2. The highest BCUT2D eigenvalue weighted by Crippen LogP contribution is 2.40. The molecule has 3 atom stereocenters. The number of carbonyl (C=O) groups excluding carboxylic acids is 2. The summed E-state index contributed by atoms with van der Waals surface area (Å²) in [5.41, 5.74) is 1.81. The Morgan fingerprint density at radius 3 is 2.53 bits per heavy atom. The molecule has 30 heavy (non-hydrogen) atoms. The highest BCUT2D eigenvalue weighted by molar-refractivity contribution is 5.89. The lowest BCUT2D eigenvalue weighted by Crippen LogP contribution is -2.47. The smallest absolute Gasteiger partial charge is 0.342 e. The number of hydrogen-bond acceptors (Lipinski definition) is 2. The molecule has 3 rings (SSSR count). The summed E-state index contributed by atoms with van der Waals surface area (Å²) in [5.74, 6) is -1.96. The maximum Gasteiger partial charge on any atom is 0.391 e. The third kappa shape index (κ3) is 6.12. The first-order valence-electron chi connectivity index (χ1n) is 10.7. The van der Waals surface area contributed by atoms with E-state index in [4.69, 9.17) is 0 Å². The van der Waals surface area contributed by atoms with Gasteiger partial charge in [-0.15, -0.1) is 0 Å². The molecule has 1 aromatic carbocycles. The van der Waals surface area contributed by atoms with Crippen molar-refractivity contribution in [1.82, 2.24) is 10.2 Å². The van der Waals surface area contributed by atoms with E-state index in [1.807, 2.05) is 31.2 Å². The number of halogens is 3. The van der Waals surface area contributed by atoms with Gasteiger partial charge in [0.25, 0.3) is 0 Å². The molecule has 0 radical (unpaired) electrons. The standard InChI is InChI=1S/C22H30F3N3O2/c1-15-7-9-19(10-8-15)27-21(30)26-13-16-4-3-11-28(14-16)20(29)17-5-2-6-18(12-17)22(23,24)25/h7-10,16-18H,2-6,11-14H2,1H3,(H2,26,27,30). The van der Waals surface area contributed by atoms with Crippen LogP contribution in [0.2, 0.25) is 0 Å². The van der Waals surface area contributed by atoms with Crippen molar-refractivity contribution in [3.8, 4) is 0 Å². The molecule has 3 unspecified atom stereocenters. The number of rotatable bonds is 4. The number of amides is 3. The van der Waals surface area contributed by atoms with Crippen molar-refractivity contribution in [3.63, 3.8) is 0 Å². The molecule has 0 aromatic heterocycles. The Bertz CT molecular complexity index is 736. The number of benzene rings is 1. The minimum atomic E-state index is -4.22. The molecule has 5 nitrogen and oxygen atoms in total. The van der Waals surface area contributed by atoms with E-state index in [1.54, 1.807) is 4.90 Å². The Morgan fingerprint density at radius 1 is 1.10 bits per heavy atom. The number of alkyl halides is 3. The number of urea groups is 1. The van der Waals surface area contributed by atoms with Gasteiger partial charge in [-0.25, -0.2) is 4.79 Å². The second-order valence-corrected chi connectivity index (χ2v) is 8.60. The zero-order valence-electron chi connectivity index (χ0n) is 17.3. The van der Waals surface area contributed by atoms with E-state index in [0.717, 1.165) is 18.4 Å². The molecule has 2 N–H and O–H groups in total. The van der Waals surface area contributed by atoms with E-state index in [2.05, 4.69) is 10.6 Å². The zero-order chi connectivity index (χ0) is 21.7. The second kappa shape index (κ2) is 9.71. The summed E-state index contributed by atoms with van der Waals surface area (Å²) in [6, 6.07) is 7.18. The maximum atomic E-state index is 13.1. The summed E-state index contributed by atoms with van der Waals surface area (Å²) in [4.78, 5) is 26.7. The first kappa shape index (κ1) is 22.4. The number of likely N-dealkylation sites (tertiary alicyclic amines) is 1. The molecule has 2 fully saturated rings. The van der Waals surface area contributed by atoms with Crippen molar-refractivity contribution >= 4 is 17.6 Å². The second-order valence-electron chi connectivity index (χ2n) is 8.60. The number of nitrogens with one attached hydrogen (secondary N) is 2. The predicted octanol–water partition coefficient (Wildman–Crippen LogP) is 4.72. The summed E-state index contributed by atoms with van der Waals surface area (Å²) in [5, 5.41) is 5.62. The number of nitrogens with zero attached hydrogens (tertiary/aromatic N) is 1. The Labute approximate surface area is 175 Å². The molecule has 1 aliphatic heterocycles. The molecule has 0 bridgehead atoms. The highest BCUT2D eigenvalue weighted by atomic mass is 19.4. The minimum absolute atomic E-state index is 0.0965. The van der Waals surface area contributed by atoms with Crippen molar-refractivity contribution in [2.75, 3.05) is 25.0 Å². The minimum Gasteiger partial charge on any atom is -0.342 e. The number of aryl methyl sites for hydroxylation is 1. The van der Waals surface area contributed by atoms with E-state index in [1.165, 1.54) is 0 Å². The fourth-order valence-electron chi connectivity index (χ4n) is 4.45. The molecule has 2 aliphatic rings. The Kier molecular flexibility index (Phi) is 7.26. The first-order valence-corrected chi connectivity index (χ1v) is 10.7. The van der Waals surface area contributed by atoms with Crippen LogP contribution in [0, 0.1) is 24.7 Å². The van der Waals surface area contributed by atoms with Crippen LogP contribution in [0.1, 0.15) is 44.1 Å². The topological polar surface area (TPSA) is 61.4 Å². The molecule has 1 heterocycles. The van der Waals surface area contributed by atoms with Gasteiger partial charge in [-0.1, -0.05) is 24.1 Å². The van der Waals surface area contributed by atoms with Gasteiger partial charge in [-0.2, -0.15) is 13.2 Å². The van der Waals surface area contributed by atoms with Crippen molar-refractivity contribution in [2.24, 2.45) is 17.8 Å². The third-order valence-corrected chi connectivity index (χ3v) is 6.18. The lowest BCUT2D eigenvalue weighted by molar-refractivity contribution is -0.187. The van der Waals surface area contributed by atoms with Crippen LogP contribution in [0.5, 0.6) is 0 Å². The Balaban J connectivity index is 1.47. The van der Waals surface area contributed by atoms with Gasteiger partial charge in [0.15, 0.2) is 0 Å². The van der Waals surface area contributed by atoms with Gasteiger partial charge < -0.3 is 15.5 Å². The average Bonchev–Trinajstić information content (AvgIpc) is 2.73. The average molecular weight is 425 g/mol. The van der Waals surface area contributed by atoms with Crippen molar-refractivity contribution in [2.45, 2.75) is 51.6 Å². The summed E-state index contributed by atoms with van der Waals surface area (Å²) in [7, 11) is 0. The number of piperidine rings is 1. The van der Waals surface area contributed by atoms with Crippen LogP contribution >= 0.6 is 0 Å². The van der Waals surface area contributed by atoms with Crippen LogP contribution in [0.3, 0.4) is 0 Å². The van der Waals surface area contributed by atoms with E-state index in [9.17, 15) is 22.8 Å². The van der Waals surface area contributed by atoms with Gasteiger partial charge in [0.2, 0.25) is 5.91 Å². The van der Waals surface area contributed by atoms with Crippen LogP contribution < -0.4 is 10.6 Å². The van der Waals surface area contributed by atoms with Crippen molar-refractivity contribution < 1.29 is 22.8 Å². The predicted molar refractivity (Wildman–Crippen MR) is 109 cm³/mol. The van der Waals surface area contributed by atoms with Gasteiger partial charge in [0.1, 0.15) is 0 Å². The highest BCUT2D eigenvalue weighted by Gasteiger charge is 2.44. The SMILES string of the molecule is Cc1ccc(NC(=O)NCC2CCCN(C(=O)C3CCCC(C(F)(F)F)C3)C2)cc1. The normalized spacial score (nSPS) is 24.9. The summed E-state index contributed by atoms with van der Waals surface area (Å²) < 4.78 is 39.2. The van der Waals surface area contributed by atoms with Gasteiger partial charge in [0.05, 0.1) is 5.92 Å². The van der Waals surface area contributed by atoms with E-state index in [0.29, 0.717) is 38.2 Å². The van der Waals surface area contributed by atoms with Crippen molar-refractivity contribution in [3.05, 3.63) is 29.8 Å². The Morgan fingerprint density at radius 2 is 1.83 bits per heavy atom. The van der Waals surface area contributed by atoms with Gasteiger partial charge >= 0.3 is 12.2 Å². The molecule has 3 amide bonds. The monoisotopic (exact) mass is 425 g/mol. The van der Waals surface area contributed by atoms with Crippen LogP contribution in [0.4, 0.5) is 23.7 Å². The lowest BCUT2D eigenvalue weighted by atomic mass is 9.80. The zero-order valence-corrected chi connectivity index (χ0v) is 17.3. The molecule has 1 aromatic rings. The molecule has 8 heteroatoms. The molecule has 1 saturated carbocycles. The van der Waals surface area contributed by atoms with Gasteiger partial charge in [0, 0.05) is 31.2 Å². The summed E-state index contributed by atoms with van der Waals surface area (Å²) in [6.45, 7) is 3.46. The van der Waals surface area contributed by atoms with Gasteiger partial charge in [-0.05, 0) is 57.1 Å². The molecular weight excluding hydrogens is 395 g/mol. The maximum absolute atomic E-state index is 13.1. The van der Waals surface area contributed by atoms with Crippen LogP contribution in [-0.4, -0.2) is 42.6 Å². The fraction of sp³-hybridized carbons (Fsp3) is 0.636. The molecule has 0 spiro atoms. The molecule has 166 valence electrons. The van der Waals surface area contributed by atoms with Crippen LogP contribution in [0.25, 0.3) is 0 Å². The number of carbonyl (C=O) groups is 2. The van der Waals surface area contributed by atoms with Crippen LogP contribution in [0.15, 0.2) is 24.3 Å².